The highest BCUT2D eigenvalue weighted by atomic mass is 35.5. The Balaban J connectivity index is 1.64. The number of rotatable bonds is 5. The van der Waals surface area contributed by atoms with Crippen molar-refractivity contribution in [1.29, 1.82) is 0 Å². The SMILES string of the molecule is O=C(Nc1nc2ccccc2n1CCc1ccccn1)c1cc(Cl)no1. The maximum absolute atomic E-state index is 12.4. The van der Waals surface area contributed by atoms with Gasteiger partial charge in [0.1, 0.15) is 0 Å². The third-order valence-corrected chi connectivity index (χ3v) is 4.08. The van der Waals surface area contributed by atoms with Crippen LogP contribution in [0.3, 0.4) is 0 Å². The molecule has 1 aromatic carbocycles. The fourth-order valence-electron chi connectivity index (χ4n) is 2.69. The van der Waals surface area contributed by atoms with E-state index in [1.807, 2.05) is 47.0 Å². The molecule has 4 rings (SSSR count). The van der Waals surface area contributed by atoms with Gasteiger partial charge in [0.15, 0.2) is 5.15 Å². The first-order valence-corrected chi connectivity index (χ1v) is 8.37. The van der Waals surface area contributed by atoms with Gasteiger partial charge in [-0.2, -0.15) is 0 Å². The number of aryl methyl sites for hydroxylation is 2. The summed E-state index contributed by atoms with van der Waals surface area (Å²) in [5.41, 5.74) is 2.68. The number of benzene rings is 1. The van der Waals surface area contributed by atoms with Crippen LogP contribution in [0.5, 0.6) is 0 Å². The van der Waals surface area contributed by atoms with Gasteiger partial charge in [0.05, 0.1) is 11.0 Å². The lowest BCUT2D eigenvalue weighted by molar-refractivity contribution is 0.0986. The second-order valence-corrected chi connectivity index (χ2v) is 6.00. The summed E-state index contributed by atoms with van der Waals surface area (Å²) < 4.78 is 6.84. The minimum atomic E-state index is -0.459. The summed E-state index contributed by atoms with van der Waals surface area (Å²) in [7, 11) is 0. The van der Waals surface area contributed by atoms with E-state index in [0.717, 1.165) is 16.7 Å². The number of nitrogens with zero attached hydrogens (tertiary/aromatic N) is 4. The van der Waals surface area contributed by atoms with Gasteiger partial charge in [-0.1, -0.05) is 35.0 Å². The van der Waals surface area contributed by atoms with Crippen molar-refractivity contribution in [3.8, 4) is 0 Å². The van der Waals surface area contributed by atoms with E-state index in [2.05, 4.69) is 20.4 Å². The second kappa shape index (κ2) is 6.97. The van der Waals surface area contributed by atoms with E-state index in [-0.39, 0.29) is 10.9 Å². The molecule has 0 saturated carbocycles. The maximum Gasteiger partial charge on any atom is 0.296 e. The zero-order chi connectivity index (χ0) is 17.9. The van der Waals surface area contributed by atoms with E-state index in [9.17, 15) is 4.79 Å². The Hall–Kier alpha value is -3.19. The number of anilines is 1. The van der Waals surface area contributed by atoms with Crippen LogP contribution in [-0.2, 0) is 13.0 Å². The Morgan fingerprint density at radius 3 is 2.81 bits per heavy atom. The van der Waals surface area contributed by atoms with E-state index in [1.54, 1.807) is 6.20 Å². The molecular weight excluding hydrogens is 354 g/mol. The zero-order valence-electron chi connectivity index (χ0n) is 13.6. The molecule has 0 unspecified atom stereocenters. The fourth-order valence-corrected chi connectivity index (χ4v) is 2.83. The van der Waals surface area contributed by atoms with Crippen molar-refractivity contribution in [2.45, 2.75) is 13.0 Å². The lowest BCUT2D eigenvalue weighted by Crippen LogP contribution is -2.16. The molecule has 1 N–H and O–H groups in total. The first kappa shape index (κ1) is 16.3. The lowest BCUT2D eigenvalue weighted by atomic mass is 10.2. The minimum Gasteiger partial charge on any atom is -0.349 e. The van der Waals surface area contributed by atoms with Crippen molar-refractivity contribution < 1.29 is 9.32 Å². The number of amides is 1. The Morgan fingerprint density at radius 2 is 2.04 bits per heavy atom. The largest absolute Gasteiger partial charge is 0.349 e. The van der Waals surface area contributed by atoms with E-state index in [0.29, 0.717) is 18.9 Å². The average molecular weight is 368 g/mol. The first-order chi connectivity index (χ1) is 12.7. The summed E-state index contributed by atoms with van der Waals surface area (Å²) in [5, 5.41) is 6.40. The molecule has 0 spiro atoms. The monoisotopic (exact) mass is 367 g/mol. The normalized spacial score (nSPS) is 11.0. The molecule has 0 aliphatic rings. The molecular formula is C18H14ClN5O2. The first-order valence-electron chi connectivity index (χ1n) is 7.99. The number of aromatic nitrogens is 4. The van der Waals surface area contributed by atoms with Crippen molar-refractivity contribution in [2.75, 3.05) is 5.32 Å². The van der Waals surface area contributed by atoms with Gasteiger partial charge in [0.2, 0.25) is 11.7 Å². The van der Waals surface area contributed by atoms with Crippen LogP contribution >= 0.6 is 11.6 Å². The summed E-state index contributed by atoms with van der Waals surface area (Å²) in [6, 6.07) is 14.8. The fraction of sp³-hybridized carbons (Fsp3) is 0.111. The van der Waals surface area contributed by atoms with Crippen LogP contribution in [0.4, 0.5) is 5.95 Å². The summed E-state index contributed by atoms with van der Waals surface area (Å²) in [6.45, 7) is 0.615. The van der Waals surface area contributed by atoms with Gasteiger partial charge in [-0.15, -0.1) is 0 Å². The minimum absolute atomic E-state index is 0.0262. The van der Waals surface area contributed by atoms with Crippen molar-refractivity contribution >= 4 is 34.5 Å². The highest BCUT2D eigenvalue weighted by Gasteiger charge is 2.17. The van der Waals surface area contributed by atoms with Crippen LogP contribution < -0.4 is 5.32 Å². The molecule has 4 aromatic rings. The van der Waals surface area contributed by atoms with Gasteiger partial charge in [-0.25, -0.2) is 4.98 Å². The number of hydrogen-bond acceptors (Lipinski definition) is 5. The van der Waals surface area contributed by atoms with Gasteiger partial charge in [0.25, 0.3) is 5.91 Å². The number of pyridine rings is 1. The summed E-state index contributed by atoms with van der Waals surface area (Å²) in [5.74, 6) is -0.00298. The van der Waals surface area contributed by atoms with Gasteiger partial charge in [-0.05, 0) is 24.3 Å². The van der Waals surface area contributed by atoms with E-state index in [4.69, 9.17) is 16.1 Å². The van der Waals surface area contributed by atoms with Crippen molar-refractivity contribution in [2.24, 2.45) is 0 Å². The Labute approximate surface area is 153 Å². The number of imidazole rings is 1. The molecule has 7 nitrogen and oxygen atoms in total. The lowest BCUT2D eigenvalue weighted by Gasteiger charge is -2.09. The number of fused-ring (bicyclic) bond motifs is 1. The molecule has 3 aromatic heterocycles. The second-order valence-electron chi connectivity index (χ2n) is 5.61. The zero-order valence-corrected chi connectivity index (χ0v) is 14.3. The topological polar surface area (TPSA) is 85.8 Å². The number of para-hydroxylation sites is 2. The van der Waals surface area contributed by atoms with Gasteiger partial charge in [-0.3, -0.25) is 15.1 Å². The number of hydrogen-bond donors (Lipinski definition) is 1. The summed E-state index contributed by atoms with van der Waals surface area (Å²) in [4.78, 5) is 21.2. The standard InChI is InChI=1S/C18H14ClN5O2/c19-16-11-15(26-23-16)17(25)22-18-21-13-6-1-2-7-14(13)24(18)10-8-12-5-3-4-9-20-12/h1-7,9,11H,8,10H2,(H,21,22,25). The predicted octanol–water partition coefficient (Wildman–Crippen LogP) is 3.57. The Kier molecular flexibility index (Phi) is 4.37. The molecule has 130 valence electrons. The van der Waals surface area contributed by atoms with Crippen LogP contribution in [0.2, 0.25) is 5.15 Å². The van der Waals surface area contributed by atoms with Crippen LogP contribution in [0.1, 0.15) is 16.2 Å². The highest BCUT2D eigenvalue weighted by molar-refractivity contribution is 6.29. The molecule has 0 fully saturated rings. The third kappa shape index (κ3) is 3.29. The highest BCUT2D eigenvalue weighted by Crippen LogP contribution is 2.21. The molecule has 3 heterocycles. The van der Waals surface area contributed by atoms with Crippen LogP contribution in [0.25, 0.3) is 11.0 Å². The molecule has 0 aliphatic heterocycles. The third-order valence-electron chi connectivity index (χ3n) is 3.90. The van der Waals surface area contributed by atoms with Crippen molar-refractivity contribution in [3.05, 3.63) is 71.3 Å². The quantitative estimate of drug-likeness (QED) is 0.582. The molecule has 0 radical (unpaired) electrons. The molecule has 1 amide bonds. The van der Waals surface area contributed by atoms with Crippen LogP contribution in [0.15, 0.2) is 59.3 Å². The van der Waals surface area contributed by atoms with Crippen molar-refractivity contribution in [1.82, 2.24) is 19.7 Å². The van der Waals surface area contributed by atoms with Gasteiger partial charge < -0.3 is 9.09 Å². The van der Waals surface area contributed by atoms with Gasteiger partial charge >= 0.3 is 0 Å². The molecule has 0 atom stereocenters. The number of halogens is 1. The molecule has 26 heavy (non-hydrogen) atoms. The smallest absolute Gasteiger partial charge is 0.296 e. The molecule has 0 aliphatic carbocycles. The Bertz CT molecular complexity index is 1060. The number of nitrogens with one attached hydrogen (secondary N) is 1. The number of carbonyl (C=O) groups is 1. The molecule has 0 saturated heterocycles. The predicted molar refractivity (Wildman–Crippen MR) is 97.1 cm³/mol. The van der Waals surface area contributed by atoms with Gasteiger partial charge in [0, 0.05) is 30.9 Å². The average Bonchev–Trinajstić information content (AvgIpc) is 3.24. The number of carbonyl (C=O) groups excluding carboxylic acids is 1. The van der Waals surface area contributed by atoms with Crippen molar-refractivity contribution in [3.63, 3.8) is 0 Å². The molecule has 0 bridgehead atoms. The van der Waals surface area contributed by atoms with Crippen LogP contribution in [-0.4, -0.2) is 25.6 Å². The van der Waals surface area contributed by atoms with E-state index < -0.39 is 5.91 Å². The van der Waals surface area contributed by atoms with E-state index in [1.165, 1.54) is 6.07 Å². The molecule has 8 heteroatoms. The Morgan fingerprint density at radius 1 is 1.19 bits per heavy atom. The van der Waals surface area contributed by atoms with Crippen LogP contribution in [0, 0.1) is 0 Å². The summed E-state index contributed by atoms with van der Waals surface area (Å²) in [6.07, 6.45) is 2.47. The maximum atomic E-state index is 12.4. The van der Waals surface area contributed by atoms with E-state index >= 15 is 0 Å². The summed E-state index contributed by atoms with van der Waals surface area (Å²) >= 11 is 5.71.